The van der Waals surface area contributed by atoms with Crippen LogP contribution >= 0.6 is 0 Å². The van der Waals surface area contributed by atoms with Crippen LogP contribution in [0.5, 0.6) is 11.5 Å². The topological polar surface area (TPSA) is 65.2 Å². The smallest absolute Gasteiger partial charge is 0.198 e. The molecule has 0 atom stereocenters. The maximum atomic E-state index is 12.6. The van der Waals surface area contributed by atoms with Crippen LogP contribution < -0.4 is 10.5 Å². The first kappa shape index (κ1) is 13.8. The number of ketones is 1. The third kappa shape index (κ3) is 2.81. The molecule has 4 heteroatoms. The highest BCUT2D eigenvalue weighted by Crippen LogP contribution is 2.30. The summed E-state index contributed by atoms with van der Waals surface area (Å²) in [5.41, 5.74) is 7.38. The van der Waals surface area contributed by atoms with Crippen molar-refractivity contribution >= 4 is 11.5 Å². The maximum Gasteiger partial charge on any atom is 0.198 e. The average Bonchev–Trinajstić information content (AvgIpc) is 2.58. The highest BCUT2D eigenvalue weighted by atomic mass is 16.5. The van der Waals surface area contributed by atoms with Crippen molar-refractivity contribution in [2.24, 2.45) is 0 Å². The molecule has 1 heterocycles. The number of para-hydroxylation sites is 2. The molecule has 4 nitrogen and oxygen atoms in total. The van der Waals surface area contributed by atoms with Gasteiger partial charge in [-0.05, 0) is 18.2 Å². The molecule has 0 spiro atoms. The molecule has 3 aromatic rings. The van der Waals surface area contributed by atoms with Crippen molar-refractivity contribution in [3.63, 3.8) is 0 Å². The van der Waals surface area contributed by atoms with Gasteiger partial charge in [0.1, 0.15) is 11.5 Å². The van der Waals surface area contributed by atoms with Gasteiger partial charge in [-0.25, -0.2) is 0 Å². The maximum absolute atomic E-state index is 12.6. The lowest BCUT2D eigenvalue weighted by Crippen LogP contribution is -2.04. The zero-order valence-corrected chi connectivity index (χ0v) is 11.8. The number of nitrogen functional groups attached to an aromatic ring is 1. The van der Waals surface area contributed by atoms with Crippen LogP contribution in [-0.2, 0) is 0 Å². The van der Waals surface area contributed by atoms with Crippen molar-refractivity contribution in [3.8, 4) is 11.5 Å². The van der Waals surface area contributed by atoms with Crippen molar-refractivity contribution in [2.75, 3.05) is 5.73 Å². The van der Waals surface area contributed by atoms with E-state index in [1.807, 2.05) is 30.3 Å². The van der Waals surface area contributed by atoms with Crippen LogP contribution in [0.25, 0.3) is 0 Å². The molecule has 0 saturated heterocycles. The van der Waals surface area contributed by atoms with Crippen LogP contribution in [0.15, 0.2) is 73.1 Å². The van der Waals surface area contributed by atoms with Crippen LogP contribution in [-0.4, -0.2) is 10.8 Å². The summed E-state index contributed by atoms with van der Waals surface area (Å²) in [5, 5.41) is 0. The third-order valence-electron chi connectivity index (χ3n) is 3.20. The molecule has 0 fully saturated rings. The zero-order valence-electron chi connectivity index (χ0n) is 11.8. The lowest BCUT2D eigenvalue weighted by atomic mass is 10.0. The highest BCUT2D eigenvalue weighted by Gasteiger charge is 2.15. The van der Waals surface area contributed by atoms with E-state index in [9.17, 15) is 4.79 Å². The van der Waals surface area contributed by atoms with Crippen LogP contribution in [0.1, 0.15) is 15.9 Å². The lowest BCUT2D eigenvalue weighted by molar-refractivity contribution is 0.103. The minimum Gasteiger partial charge on any atom is -0.454 e. The van der Waals surface area contributed by atoms with E-state index in [4.69, 9.17) is 10.5 Å². The van der Waals surface area contributed by atoms with Crippen LogP contribution in [0.2, 0.25) is 0 Å². The summed E-state index contributed by atoms with van der Waals surface area (Å²) in [6.45, 7) is 0. The molecule has 0 aliphatic carbocycles. The van der Waals surface area contributed by atoms with E-state index in [0.29, 0.717) is 28.3 Å². The van der Waals surface area contributed by atoms with E-state index in [1.54, 1.807) is 36.5 Å². The Morgan fingerprint density at radius 1 is 0.909 bits per heavy atom. The summed E-state index contributed by atoms with van der Waals surface area (Å²) < 4.78 is 5.80. The first-order valence-corrected chi connectivity index (χ1v) is 6.82. The molecule has 0 radical (unpaired) electrons. The minimum atomic E-state index is -0.141. The van der Waals surface area contributed by atoms with Gasteiger partial charge >= 0.3 is 0 Å². The Kier molecular flexibility index (Phi) is 3.83. The summed E-state index contributed by atoms with van der Waals surface area (Å²) in [5.74, 6) is 0.802. The summed E-state index contributed by atoms with van der Waals surface area (Å²) >= 11 is 0. The van der Waals surface area contributed by atoms with E-state index < -0.39 is 0 Å². The molecule has 1 aromatic heterocycles. The Morgan fingerprint density at radius 2 is 1.64 bits per heavy atom. The van der Waals surface area contributed by atoms with Gasteiger partial charge < -0.3 is 10.5 Å². The molecule has 22 heavy (non-hydrogen) atoms. The fourth-order valence-corrected chi connectivity index (χ4v) is 2.08. The predicted octanol–water partition coefficient (Wildman–Crippen LogP) is 3.69. The van der Waals surface area contributed by atoms with Gasteiger partial charge in [0.15, 0.2) is 5.78 Å². The molecule has 3 rings (SSSR count). The van der Waals surface area contributed by atoms with E-state index in [2.05, 4.69) is 4.98 Å². The number of hydrogen-bond acceptors (Lipinski definition) is 4. The SMILES string of the molecule is Nc1ccccc1Oc1ccncc1C(=O)c1ccccc1. The van der Waals surface area contributed by atoms with Crippen LogP contribution in [0.3, 0.4) is 0 Å². The van der Waals surface area contributed by atoms with Crippen molar-refractivity contribution in [1.29, 1.82) is 0 Å². The number of rotatable bonds is 4. The molecular formula is C18H14N2O2. The quantitative estimate of drug-likeness (QED) is 0.588. The molecule has 0 unspecified atom stereocenters. The minimum absolute atomic E-state index is 0.141. The summed E-state index contributed by atoms with van der Waals surface area (Å²) in [4.78, 5) is 16.6. The number of hydrogen-bond donors (Lipinski definition) is 1. The third-order valence-corrected chi connectivity index (χ3v) is 3.20. The molecular weight excluding hydrogens is 276 g/mol. The Morgan fingerprint density at radius 3 is 2.41 bits per heavy atom. The number of carbonyl (C=O) groups excluding carboxylic acids is 1. The molecule has 108 valence electrons. The van der Waals surface area contributed by atoms with E-state index in [-0.39, 0.29) is 5.78 Å². The van der Waals surface area contributed by atoms with Gasteiger partial charge in [-0.3, -0.25) is 9.78 Å². The van der Waals surface area contributed by atoms with Gasteiger partial charge in [0, 0.05) is 18.0 Å². The van der Waals surface area contributed by atoms with Gasteiger partial charge in [-0.1, -0.05) is 42.5 Å². The second kappa shape index (κ2) is 6.10. The second-order valence-corrected chi connectivity index (χ2v) is 4.71. The normalized spacial score (nSPS) is 10.2. The first-order valence-electron chi connectivity index (χ1n) is 6.82. The summed E-state index contributed by atoms with van der Waals surface area (Å²) in [7, 11) is 0. The van der Waals surface area contributed by atoms with Gasteiger partial charge in [0.25, 0.3) is 0 Å². The predicted molar refractivity (Wildman–Crippen MR) is 85.0 cm³/mol. The van der Waals surface area contributed by atoms with Crippen molar-refractivity contribution in [2.45, 2.75) is 0 Å². The summed E-state index contributed by atoms with van der Waals surface area (Å²) in [6, 6.07) is 17.8. The zero-order chi connectivity index (χ0) is 15.4. The molecule has 2 N–H and O–H groups in total. The molecule has 0 amide bonds. The Balaban J connectivity index is 1.97. The Bertz CT molecular complexity index is 801. The number of aromatic nitrogens is 1. The number of ether oxygens (including phenoxy) is 1. The monoisotopic (exact) mass is 290 g/mol. The van der Waals surface area contributed by atoms with Crippen LogP contribution in [0.4, 0.5) is 5.69 Å². The number of anilines is 1. The van der Waals surface area contributed by atoms with Crippen molar-refractivity contribution < 1.29 is 9.53 Å². The fourth-order valence-electron chi connectivity index (χ4n) is 2.08. The van der Waals surface area contributed by atoms with Gasteiger partial charge in [-0.15, -0.1) is 0 Å². The van der Waals surface area contributed by atoms with Gasteiger partial charge in [0.05, 0.1) is 11.3 Å². The first-order chi connectivity index (χ1) is 10.8. The Labute approximate surface area is 128 Å². The molecule has 2 aromatic carbocycles. The fraction of sp³-hybridized carbons (Fsp3) is 0. The lowest BCUT2D eigenvalue weighted by Gasteiger charge is -2.11. The standard InChI is InChI=1S/C18H14N2O2/c19-15-8-4-5-9-17(15)22-16-10-11-20-12-14(16)18(21)13-6-2-1-3-7-13/h1-12H,19H2. The largest absolute Gasteiger partial charge is 0.454 e. The number of nitrogens with zero attached hydrogens (tertiary/aromatic N) is 1. The number of benzene rings is 2. The number of carbonyl (C=O) groups is 1. The van der Waals surface area contributed by atoms with Crippen molar-refractivity contribution in [3.05, 3.63) is 84.2 Å². The number of pyridine rings is 1. The van der Waals surface area contributed by atoms with E-state index >= 15 is 0 Å². The van der Waals surface area contributed by atoms with E-state index in [0.717, 1.165) is 0 Å². The summed E-state index contributed by atoms with van der Waals surface area (Å²) in [6.07, 6.45) is 3.08. The van der Waals surface area contributed by atoms with Crippen molar-refractivity contribution in [1.82, 2.24) is 4.98 Å². The number of nitrogens with two attached hydrogens (primary N) is 1. The highest BCUT2D eigenvalue weighted by molar-refractivity contribution is 6.10. The van der Waals surface area contributed by atoms with Gasteiger partial charge in [0.2, 0.25) is 0 Å². The van der Waals surface area contributed by atoms with Gasteiger partial charge in [-0.2, -0.15) is 0 Å². The Hall–Kier alpha value is -3.14. The molecule has 0 bridgehead atoms. The molecule has 0 aliphatic rings. The van der Waals surface area contributed by atoms with Crippen LogP contribution in [0, 0.1) is 0 Å². The molecule has 0 saturated carbocycles. The average molecular weight is 290 g/mol. The van der Waals surface area contributed by atoms with E-state index in [1.165, 1.54) is 6.20 Å². The molecule has 0 aliphatic heterocycles. The second-order valence-electron chi connectivity index (χ2n) is 4.71.